The Balaban J connectivity index is 1.06. The van der Waals surface area contributed by atoms with Crippen LogP contribution in [0.3, 0.4) is 0 Å². The first-order chi connectivity index (χ1) is 28.2. The quantitative estimate of drug-likeness (QED) is 0.171. The van der Waals surface area contributed by atoms with Crippen molar-refractivity contribution in [2.75, 3.05) is 0 Å². The molecule has 0 spiro atoms. The predicted molar refractivity (Wildman–Crippen MR) is 235 cm³/mol. The van der Waals surface area contributed by atoms with E-state index in [1.54, 1.807) is 0 Å². The third-order valence-corrected chi connectivity index (χ3v) is 10.9. The van der Waals surface area contributed by atoms with E-state index < -0.39 is 0 Å². The van der Waals surface area contributed by atoms with E-state index in [1.807, 2.05) is 18.2 Å². The number of fused-ring (bicyclic) bond motifs is 5. The van der Waals surface area contributed by atoms with Crippen LogP contribution < -0.4 is 0 Å². The molecule has 11 rings (SSSR count). The molecule has 11 aromatic rings. The predicted octanol–water partition coefficient (Wildman–Crippen LogP) is 14.1. The molecule has 0 bridgehead atoms. The maximum atomic E-state index is 6.41. The van der Waals surface area contributed by atoms with Gasteiger partial charge in [0.05, 0.1) is 0 Å². The molecule has 266 valence electrons. The first kappa shape index (κ1) is 32.7. The highest BCUT2D eigenvalue weighted by atomic mass is 16.3. The molecule has 0 atom stereocenters. The van der Waals surface area contributed by atoms with Crippen LogP contribution in [-0.2, 0) is 0 Å². The monoisotopic (exact) mass is 727 g/mol. The van der Waals surface area contributed by atoms with Crippen LogP contribution in [0.5, 0.6) is 0 Å². The number of para-hydroxylation sites is 1. The van der Waals surface area contributed by atoms with Crippen molar-refractivity contribution in [2.24, 2.45) is 0 Å². The van der Waals surface area contributed by atoms with Crippen molar-refractivity contribution in [2.45, 2.75) is 0 Å². The van der Waals surface area contributed by atoms with E-state index in [2.05, 4.69) is 182 Å². The fourth-order valence-corrected chi connectivity index (χ4v) is 8.03. The molecule has 0 saturated carbocycles. The second kappa shape index (κ2) is 13.6. The molecule has 0 unspecified atom stereocenters. The van der Waals surface area contributed by atoms with Crippen LogP contribution >= 0.6 is 0 Å². The number of hydrogen-bond acceptors (Lipinski definition) is 4. The number of hydrogen-bond donors (Lipinski definition) is 0. The van der Waals surface area contributed by atoms with E-state index in [9.17, 15) is 0 Å². The summed E-state index contributed by atoms with van der Waals surface area (Å²) < 4.78 is 6.41. The van der Waals surface area contributed by atoms with E-state index in [-0.39, 0.29) is 0 Å². The molecule has 4 heteroatoms. The van der Waals surface area contributed by atoms with Crippen molar-refractivity contribution < 1.29 is 4.42 Å². The Morgan fingerprint density at radius 3 is 1.44 bits per heavy atom. The van der Waals surface area contributed by atoms with Gasteiger partial charge in [0.15, 0.2) is 17.5 Å². The summed E-state index contributed by atoms with van der Waals surface area (Å²) in [6.07, 6.45) is 0. The van der Waals surface area contributed by atoms with Gasteiger partial charge in [0.25, 0.3) is 0 Å². The van der Waals surface area contributed by atoms with Crippen LogP contribution in [0.15, 0.2) is 205 Å². The lowest BCUT2D eigenvalue weighted by Crippen LogP contribution is -2.00. The lowest BCUT2D eigenvalue weighted by atomic mass is 9.89. The molecule has 0 aliphatic heterocycles. The average molecular weight is 728 g/mol. The van der Waals surface area contributed by atoms with Gasteiger partial charge in [-0.05, 0) is 73.6 Å². The molecular weight excluding hydrogens is 695 g/mol. The molecule has 57 heavy (non-hydrogen) atoms. The van der Waals surface area contributed by atoms with Crippen LogP contribution in [0.2, 0.25) is 0 Å². The van der Waals surface area contributed by atoms with Crippen LogP contribution in [0, 0.1) is 0 Å². The van der Waals surface area contributed by atoms with Crippen LogP contribution in [0.4, 0.5) is 0 Å². The maximum Gasteiger partial charge on any atom is 0.164 e. The Morgan fingerprint density at radius 1 is 0.298 bits per heavy atom. The minimum atomic E-state index is 0.614. The summed E-state index contributed by atoms with van der Waals surface area (Å²) in [4.78, 5) is 15.3. The highest BCUT2D eigenvalue weighted by Crippen LogP contribution is 2.43. The SMILES string of the molecule is c1ccc(-c2ccc(-c3nc(-c4ccc(-c5c(-c6ccc7ccccc7c6)ccc6oc7ccccc7c56)cc4)nc(-c4ccc5ccccc5c4)n3)cc2)cc1. The summed E-state index contributed by atoms with van der Waals surface area (Å²) in [6, 6.07) is 70.0. The summed E-state index contributed by atoms with van der Waals surface area (Å²) in [7, 11) is 0. The fourth-order valence-electron chi connectivity index (χ4n) is 8.03. The van der Waals surface area contributed by atoms with Gasteiger partial charge in [-0.15, -0.1) is 0 Å². The summed E-state index contributed by atoms with van der Waals surface area (Å²) in [6.45, 7) is 0. The number of aromatic nitrogens is 3. The van der Waals surface area contributed by atoms with Gasteiger partial charge in [-0.3, -0.25) is 0 Å². The van der Waals surface area contributed by atoms with Gasteiger partial charge < -0.3 is 4.42 Å². The minimum absolute atomic E-state index is 0.614. The lowest BCUT2D eigenvalue weighted by molar-refractivity contribution is 0.669. The van der Waals surface area contributed by atoms with E-state index in [1.165, 1.54) is 21.7 Å². The van der Waals surface area contributed by atoms with Crippen LogP contribution in [-0.4, -0.2) is 15.0 Å². The second-order valence-electron chi connectivity index (χ2n) is 14.4. The normalized spacial score (nSPS) is 11.5. The van der Waals surface area contributed by atoms with Gasteiger partial charge in [-0.25, -0.2) is 15.0 Å². The average Bonchev–Trinajstić information content (AvgIpc) is 3.67. The number of furan rings is 1. The first-order valence-electron chi connectivity index (χ1n) is 19.2. The molecule has 0 radical (unpaired) electrons. The number of rotatable bonds is 6. The maximum absolute atomic E-state index is 6.41. The minimum Gasteiger partial charge on any atom is -0.456 e. The largest absolute Gasteiger partial charge is 0.456 e. The molecule has 0 saturated heterocycles. The summed E-state index contributed by atoms with van der Waals surface area (Å²) in [5.41, 5.74) is 11.3. The van der Waals surface area contributed by atoms with E-state index in [0.717, 1.165) is 71.8 Å². The zero-order valence-corrected chi connectivity index (χ0v) is 30.8. The van der Waals surface area contributed by atoms with Gasteiger partial charge in [0.2, 0.25) is 0 Å². The van der Waals surface area contributed by atoms with Gasteiger partial charge in [0, 0.05) is 33.0 Å². The van der Waals surface area contributed by atoms with Crippen molar-refractivity contribution >= 4 is 43.5 Å². The molecule has 0 fully saturated rings. The third-order valence-electron chi connectivity index (χ3n) is 10.9. The van der Waals surface area contributed by atoms with Crippen LogP contribution in [0.25, 0.3) is 111 Å². The molecular formula is C53H33N3O. The highest BCUT2D eigenvalue weighted by Gasteiger charge is 2.19. The number of benzene rings is 9. The van der Waals surface area contributed by atoms with Crippen molar-refractivity contribution in [3.05, 3.63) is 200 Å². The van der Waals surface area contributed by atoms with Gasteiger partial charge >= 0.3 is 0 Å². The molecule has 2 heterocycles. The van der Waals surface area contributed by atoms with Gasteiger partial charge in [-0.1, -0.05) is 176 Å². The topological polar surface area (TPSA) is 51.8 Å². The molecule has 0 aliphatic carbocycles. The highest BCUT2D eigenvalue weighted by molar-refractivity contribution is 6.16. The molecule has 2 aromatic heterocycles. The van der Waals surface area contributed by atoms with E-state index in [0.29, 0.717) is 17.5 Å². The second-order valence-corrected chi connectivity index (χ2v) is 14.4. The van der Waals surface area contributed by atoms with Crippen LogP contribution in [0.1, 0.15) is 0 Å². The van der Waals surface area contributed by atoms with Gasteiger partial charge in [0.1, 0.15) is 11.2 Å². The lowest BCUT2D eigenvalue weighted by Gasteiger charge is -2.14. The third kappa shape index (κ3) is 5.92. The molecule has 9 aromatic carbocycles. The standard InChI is InChI=1S/C53H33N3O/c1-2-10-34(11-3-1)37-18-24-39(25-19-37)51-54-52(56-53(55-51)44-29-21-36-13-5-7-15-42(36)33-44)40-26-22-38(23-27-40)49-45(43-28-20-35-12-4-6-14-41(35)32-43)30-31-48-50(49)46-16-8-9-17-47(46)57-48/h1-33H. The van der Waals surface area contributed by atoms with Crippen molar-refractivity contribution in [3.63, 3.8) is 0 Å². The Hall–Kier alpha value is -7.69. The Kier molecular flexibility index (Phi) is 7.78. The van der Waals surface area contributed by atoms with Crippen molar-refractivity contribution in [1.29, 1.82) is 0 Å². The van der Waals surface area contributed by atoms with Crippen molar-refractivity contribution in [3.8, 4) is 67.5 Å². The summed E-state index contributed by atoms with van der Waals surface area (Å²) in [5.74, 6) is 1.87. The van der Waals surface area contributed by atoms with Gasteiger partial charge in [-0.2, -0.15) is 0 Å². The first-order valence-corrected chi connectivity index (χ1v) is 19.2. The molecule has 0 N–H and O–H groups in total. The summed E-state index contributed by atoms with van der Waals surface area (Å²) in [5, 5.41) is 6.92. The van der Waals surface area contributed by atoms with E-state index >= 15 is 0 Å². The Bertz CT molecular complexity index is 3280. The summed E-state index contributed by atoms with van der Waals surface area (Å²) >= 11 is 0. The Labute approximate surface area is 329 Å². The smallest absolute Gasteiger partial charge is 0.164 e. The van der Waals surface area contributed by atoms with Crippen molar-refractivity contribution in [1.82, 2.24) is 15.0 Å². The Morgan fingerprint density at radius 2 is 0.772 bits per heavy atom. The zero-order chi connectivity index (χ0) is 37.7. The molecule has 0 aliphatic rings. The number of nitrogens with zero attached hydrogens (tertiary/aromatic N) is 3. The van der Waals surface area contributed by atoms with E-state index in [4.69, 9.17) is 19.4 Å². The fraction of sp³-hybridized carbons (Fsp3) is 0. The zero-order valence-electron chi connectivity index (χ0n) is 30.8. The molecule has 0 amide bonds. The molecule has 4 nitrogen and oxygen atoms in total.